The highest BCUT2D eigenvalue weighted by atomic mass is 16.2. The van der Waals surface area contributed by atoms with Crippen molar-refractivity contribution in [1.82, 2.24) is 31.9 Å². The molecule has 15 nitrogen and oxygen atoms in total. The Kier molecular flexibility index (Phi) is 69.8. The summed E-state index contributed by atoms with van der Waals surface area (Å²) in [5.41, 5.74) is 0. The number of carbonyl (C=O) groups is 9. The minimum atomic E-state index is -0.633. The molecule has 5 amide bonds. The first-order chi connectivity index (χ1) is 42.5. The van der Waals surface area contributed by atoms with Crippen LogP contribution in [0.4, 0.5) is 0 Å². The van der Waals surface area contributed by atoms with E-state index in [4.69, 9.17) is 0 Å². The van der Waals surface area contributed by atoms with Crippen LogP contribution in [-0.4, -0.2) is 97.0 Å². The number of Topliss-reactive ketones (excluding diaryl/α,β-unsaturated/α-hetero) is 4. The first-order valence-electron chi connectivity index (χ1n) is 36.8. The van der Waals surface area contributed by atoms with Gasteiger partial charge in [0.05, 0.1) is 12.1 Å². The third-order valence-electron chi connectivity index (χ3n) is 16.8. The van der Waals surface area contributed by atoms with Crippen molar-refractivity contribution in [1.29, 1.82) is 0 Å². The molecule has 94 heavy (non-hydrogen) atoms. The largest absolute Gasteiger partial charge is 0.356 e. The Morgan fingerprint density at radius 1 is 0.266 bits per heavy atom. The standard InChI is InChI=1S/C40H75N3O5.C35H67N3O4.4CH4/c1-30(2)19-9-12-24-37(45)41-27-17-15-22-34(40(48)33(7)8)29-36(44)35(43-39(47)26-14-11-21-32(5)6)23-16-18-28-42-38(46)25-13-10-20-31(3)4;1-26(2)17-9-11-21-33(40)37-24-16-14-20-31(38-34(41)22-12-10-18-27(3)4)32(39)25-30(35(42)28(5)6)19-13-15-23-36-29(7)8;;;;/h30-35H,9-29H2,1-8H3,(H,41,45)(H,42,46)(H,43,47);26-31,36H,9-25H2,1-8H3,(H,37,40)(H,38,41);4*1H4. The van der Waals surface area contributed by atoms with Gasteiger partial charge in [0.1, 0.15) is 11.6 Å². The molecule has 4 unspecified atom stereocenters. The molecule has 15 heteroatoms. The van der Waals surface area contributed by atoms with Crippen LogP contribution in [-0.2, 0) is 43.2 Å². The predicted octanol–water partition coefficient (Wildman–Crippen LogP) is 18.2. The number of carbonyl (C=O) groups excluding carboxylic acids is 9. The van der Waals surface area contributed by atoms with Crippen molar-refractivity contribution in [2.75, 3.05) is 26.2 Å². The highest BCUT2D eigenvalue weighted by Crippen LogP contribution is 2.23. The average molecular weight is 1340 g/mol. The molecule has 0 bridgehead atoms. The highest BCUT2D eigenvalue weighted by Gasteiger charge is 2.30. The van der Waals surface area contributed by atoms with Gasteiger partial charge in [0.25, 0.3) is 0 Å². The van der Waals surface area contributed by atoms with Crippen LogP contribution in [0.5, 0.6) is 0 Å². The Morgan fingerprint density at radius 3 is 0.745 bits per heavy atom. The topological polar surface area (TPSA) is 226 Å². The van der Waals surface area contributed by atoms with Crippen molar-refractivity contribution in [3.63, 3.8) is 0 Å². The summed E-state index contributed by atoms with van der Waals surface area (Å²) < 4.78 is 0. The number of amides is 5. The number of unbranched alkanes of at least 4 members (excludes halogenated alkanes) is 9. The van der Waals surface area contributed by atoms with Crippen LogP contribution in [0.15, 0.2) is 0 Å². The summed E-state index contributed by atoms with van der Waals surface area (Å²) in [5, 5.41) is 18.4. The lowest BCUT2D eigenvalue weighted by atomic mass is 9.85. The first kappa shape index (κ1) is 101. The van der Waals surface area contributed by atoms with Crippen LogP contribution in [0.25, 0.3) is 0 Å². The van der Waals surface area contributed by atoms with Gasteiger partial charge in [-0.2, -0.15) is 0 Å². The van der Waals surface area contributed by atoms with E-state index in [-0.39, 0.29) is 113 Å². The van der Waals surface area contributed by atoms with Gasteiger partial charge < -0.3 is 31.9 Å². The molecule has 0 aliphatic rings. The van der Waals surface area contributed by atoms with Gasteiger partial charge in [-0.3, -0.25) is 43.2 Å². The van der Waals surface area contributed by atoms with E-state index in [0.717, 1.165) is 148 Å². The second-order valence-corrected chi connectivity index (χ2v) is 29.4. The zero-order chi connectivity index (χ0) is 68.2. The lowest BCUT2D eigenvalue weighted by Gasteiger charge is -2.22. The molecule has 0 aromatic heterocycles. The van der Waals surface area contributed by atoms with Crippen molar-refractivity contribution in [3.8, 4) is 0 Å². The summed E-state index contributed by atoms with van der Waals surface area (Å²) in [5.74, 6) is 2.26. The maximum absolute atomic E-state index is 13.7. The summed E-state index contributed by atoms with van der Waals surface area (Å²) in [7, 11) is 0. The Morgan fingerprint density at radius 2 is 0.500 bits per heavy atom. The van der Waals surface area contributed by atoms with Gasteiger partial charge in [-0.25, -0.2) is 0 Å². The molecule has 0 spiro atoms. The van der Waals surface area contributed by atoms with Crippen LogP contribution < -0.4 is 31.9 Å². The van der Waals surface area contributed by atoms with Crippen molar-refractivity contribution < 1.29 is 43.2 Å². The molecule has 0 aliphatic heterocycles. The smallest absolute Gasteiger partial charge is 0.220 e. The van der Waals surface area contributed by atoms with Crippen molar-refractivity contribution in [2.24, 2.45) is 53.3 Å². The van der Waals surface area contributed by atoms with E-state index >= 15 is 0 Å². The van der Waals surface area contributed by atoms with Crippen molar-refractivity contribution in [3.05, 3.63) is 0 Å². The van der Waals surface area contributed by atoms with Crippen LogP contribution >= 0.6 is 0 Å². The monoisotopic (exact) mass is 1340 g/mol. The van der Waals surface area contributed by atoms with E-state index in [2.05, 4.69) is 115 Å². The number of hydrogen-bond acceptors (Lipinski definition) is 10. The van der Waals surface area contributed by atoms with Gasteiger partial charge in [-0.05, 0) is 132 Å². The molecule has 6 N–H and O–H groups in total. The molecule has 0 aromatic carbocycles. The molecular formula is C79H158N6O9. The lowest BCUT2D eigenvalue weighted by Crippen LogP contribution is -2.42. The van der Waals surface area contributed by atoms with Gasteiger partial charge in [0.2, 0.25) is 29.5 Å². The maximum atomic E-state index is 13.7. The summed E-state index contributed by atoms with van der Waals surface area (Å²) in [6, 6.07) is -0.788. The molecule has 558 valence electrons. The fraction of sp³-hybridized carbons (Fsp3) is 0.886. The maximum Gasteiger partial charge on any atom is 0.220 e. The molecule has 0 heterocycles. The van der Waals surface area contributed by atoms with Gasteiger partial charge in [-0.1, -0.05) is 218 Å². The third-order valence-corrected chi connectivity index (χ3v) is 16.8. The zero-order valence-electron chi connectivity index (χ0n) is 61.0. The fourth-order valence-electron chi connectivity index (χ4n) is 11.1. The fourth-order valence-corrected chi connectivity index (χ4v) is 11.1. The Hall–Kier alpha value is -4.01. The van der Waals surface area contributed by atoms with Crippen molar-refractivity contribution >= 4 is 52.7 Å². The zero-order valence-corrected chi connectivity index (χ0v) is 61.0. The molecular weight excluding hydrogens is 1180 g/mol. The molecule has 0 fully saturated rings. The first-order valence-corrected chi connectivity index (χ1v) is 36.8. The quantitative estimate of drug-likeness (QED) is 0.0316. The van der Waals surface area contributed by atoms with E-state index in [0.29, 0.717) is 119 Å². The number of rotatable bonds is 58. The second kappa shape index (κ2) is 65.0. The van der Waals surface area contributed by atoms with Crippen LogP contribution in [0.1, 0.15) is 359 Å². The molecule has 0 rings (SSSR count). The Balaban J connectivity index is -0.000000398. The minimum absolute atomic E-state index is 0. The van der Waals surface area contributed by atoms with Gasteiger partial charge >= 0.3 is 0 Å². The molecule has 0 saturated heterocycles. The molecule has 0 aromatic rings. The van der Waals surface area contributed by atoms with Crippen LogP contribution in [0.2, 0.25) is 0 Å². The van der Waals surface area contributed by atoms with Gasteiger partial charge in [-0.15, -0.1) is 0 Å². The summed E-state index contributed by atoms with van der Waals surface area (Å²) in [6.07, 6.45) is 26.3. The molecule has 4 atom stereocenters. The van der Waals surface area contributed by atoms with E-state index in [9.17, 15) is 43.2 Å². The predicted molar refractivity (Wildman–Crippen MR) is 401 cm³/mol. The normalized spacial score (nSPS) is 12.4. The van der Waals surface area contributed by atoms with E-state index in [1.165, 1.54) is 0 Å². The Labute approximate surface area is 581 Å². The van der Waals surface area contributed by atoms with Crippen LogP contribution in [0.3, 0.4) is 0 Å². The SMILES string of the molecule is C.C.C.C.CC(C)CCCCC(=O)NCCCCC(CC(=O)C(CCCCNC(=O)CCCCC(C)C)NC(=O)CCCCC(C)C)C(=O)C(C)C.CC(C)CCCCC(=O)NCCCCC(NC(=O)CCCCC(C)C)C(=O)CC(CCCCNC(C)C)C(=O)C(C)C. The number of ketones is 4. The van der Waals surface area contributed by atoms with Gasteiger partial charge in [0.15, 0.2) is 11.6 Å². The number of nitrogens with one attached hydrogen (secondary N) is 6. The van der Waals surface area contributed by atoms with E-state index in [1.54, 1.807) is 0 Å². The molecule has 0 saturated carbocycles. The van der Waals surface area contributed by atoms with Crippen molar-refractivity contribution in [2.45, 2.75) is 377 Å². The highest BCUT2D eigenvalue weighted by molar-refractivity contribution is 5.94. The lowest BCUT2D eigenvalue weighted by molar-refractivity contribution is -0.132. The average Bonchev–Trinajstić information content (AvgIpc) is 1.07. The van der Waals surface area contributed by atoms with Gasteiger partial charge in [0, 0.05) is 94.3 Å². The van der Waals surface area contributed by atoms with E-state index in [1.807, 2.05) is 27.7 Å². The summed E-state index contributed by atoms with van der Waals surface area (Å²) in [6.45, 7) is 36.2. The summed E-state index contributed by atoms with van der Waals surface area (Å²) >= 11 is 0. The third kappa shape index (κ3) is 62.8. The molecule has 0 radical (unpaired) electrons. The second-order valence-electron chi connectivity index (χ2n) is 29.4. The molecule has 0 aliphatic carbocycles. The minimum Gasteiger partial charge on any atom is -0.356 e. The van der Waals surface area contributed by atoms with E-state index < -0.39 is 18.0 Å². The van der Waals surface area contributed by atoms with Crippen LogP contribution in [0, 0.1) is 53.3 Å². The summed E-state index contributed by atoms with van der Waals surface area (Å²) in [4.78, 5) is 116. The Bertz CT molecular complexity index is 1920. The number of hydrogen-bond donors (Lipinski definition) is 6.